The molecule has 0 aliphatic heterocycles. The molecular weight excluding hydrogens is 572 g/mol. The molecule has 1 aromatic heterocycles. The van der Waals surface area contributed by atoms with Gasteiger partial charge < -0.3 is 0 Å². The highest BCUT2D eigenvalue weighted by atomic mass is 32.2. The highest BCUT2D eigenvalue weighted by molar-refractivity contribution is 8.07. The number of carbonyl (C=O) groups excluding carboxylic acids is 1. The summed E-state index contributed by atoms with van der Waals surface area (Å²) >= 11 is 2.08. The smallest absolute Gasteiger partial charge is 0.295 e. The highest BCUT2D eigenvalue weighted by Gasteiger charge is 2.80. The lowest BCUT2D eigenvalue weighted by Crippen LogP contribution is -2.49. The summed E-state index contributed by atoms with van der Waals surface area (Å²) in [7, 11) is 0. The summed E-state index contributed by atoms with van der Waals surface area (Å²) in [5.41, 5.74) is -2.21. The largest absolute Gasteiger partial charge is 0.380 e. The average Bonchev–Trinajstić information content (AvgIpc) is 3.35. The zero-order chi connectivity index (χ0) is 29.7. The SMILES string of the molecule is C=C=C(C=C(SC)c1ccc(N=O)cc1)C1=C(c2cc(C3(C)C=CC(=O)CC3)sc2C)C(F)(F)C(F)(F)C1(F)F. The van der Waals surface area contributed by atoms with Gasteiger partial charge in [-0.1, -0.05) is 31.7 Å². The molecule has 0 bridgehead atoms. The Labute approximate surface area is 235 Å². The number of thioether (sulfide) groups is 1. The number of nitroso groups, excluding NO2 is 1. The van der Waals surface area contributed by atoms with Gasteiger partial charge in [0.1, 0.15) is 5.69 Å². The number of ketones is 1. The van der Waals surface area contributed by atoms with E-state index in [4.69, 9.17) is 0 Å². The van der Waals surface area contributed by atoms with Crippen molar-refractivity contribution in [3.05, 3.63) is 97.8 Å². The van der Waals surface area contributed by atoms with Gasteiger partial charge in [-0.2, -0.15) is 26.3 Å². The van der Waals surface area contributed by atoms with Crippen molar-refractivity contribution in [3.8, 4) is 0 Å². The van der Waals surface area contributed by atoms with Gasteiger partial charge in [0.25, 0.3) is 0 Å². The van der Waals surface area contributed by atoms with Crippen molar-refractivity contribution in [3.63, 3.8) is 0 Å². The van der Waals surface area contributed by atoms with Crippen LogP contribution in [0.5, 0.6) is 0 Å². The Balaban J connectivity index is 1.96. The molecule has 1 atom stereocenters. The first-order valence-corrected chi connectivity index (χ1v) is 14.0. The normalized spacial score (nSPS) is 23.3. The van der Waals surface area contributed by atoms with Crippen molar-refractivity contribution >= 4 is 45.0 Å². The van der Waals surface area contributed by atoms with Gasteiger partial charge in [-0.05, 0) is 66.3 Å². The number of rotatable bonds is 7. The Morgan fingerprint density at radius 3 is 2.30 bits per heavy atom. The number of carbonyl (C=O) groups is 1. The van der Waals surface area contributed by atoms with Gasteiger partial charge in [0.15, 0.2) is 5.78 Å². The summed E-state index contributed by atoms with van der Waals surface area (Å²) in [5, 5.41) is 2.79. The van der Waals surface area contributed by atoms with Crippen molar-refractivity contribution < 1.29 is 31.1 Å². The van der Waals surface area contributed by atoms with E-state index in [0.29, 0.717) is 16.9 Å². The quantitative estimate of drug-likeness (QED) is 0.139. The van der Waals surface area contributed by atoms with Crippen LogP contribution in [0.25, 0.3) is 10.5 Å². The van der Waals surface area contributed by atoms with Gasteiger partial charge in [-0.3, -0.25) is 4.79 Å². The summed E-state index contributed by atoms with van der Waals surface area (Å²) in [6.07, 6.45) is 6.19. The molecule has 11 heteroatoms. The Morgan fingerprint density at radius 2 is 1.77 bits per heavy atom. The molecule has 0 radical (unpaired) electrons. The fourth-order valence-corrected chi connectivity index (χ4v) is 6.55. The van der Waals surface area contributed by atoms with Gasteiger partial charge >= 0.3 is 17.8 Å². The van der Waals surface area contributed by atoms with Crippen LogP contribution in [0, 0.1) is 11.8 Å². The fraction of sp³-hybridized carbons (Fsp3) is 0.310. The second-order valence-corrected chi connectivity index (χ2v) is 11.8. The molecule has 40 heavy (non-hydrogen) atoms. The minimum absolute atomic E-state index is 0.102. The maximum absolute atomic E-state index is 15.4. The number of nitrogens with zero attached hydrogens (tertiary/aromatic N) is 1. The second-order valence-electron chi connectivity index (χ2n) is 9.71. The second kappa shape index (κ2) is 10.4. The van der Waals surface area contributed by atoms with Gasteiger partial charge in [-0.25, -0.2) is 0 Å². The van der Waals surface area contributed by atoms with Gasteiger partial charge in [0.05, 0.1) is 5.57 Å². The first-order chi connectivity index (χ1) is 18.6. The summed E-state index contributed by atoms with van der Waals surface area (Å²) in [6.45, 7) is 6.53. The van der Waals surface area contributed by atoms with Gasteiger partial charge in [0, 0.05) is 37.6 Å². The summed E-state index contributed by atoms with van der Waals surface area (Å²) in [4.78, 5) is 23.3. The topological polar surface area (TPSA) is 46.5 Å². The number of hydrogen-bond donors (Lipinski definition) is 0. The van der Waals surface area contributed by atoms with Crippen LogP contribution in [0.15, 0.2) is 77.2 Å². The lowest BCUT2D eigenvalue weighted by Gasteiger charge is -2.27. The van der Waals surface area contributed by atoms with Crippen molar-refractivity contribution in [2.45, 2.75) is 49.9 Å². The molecule has 1 unspecified atom stereocenters. The van der Waals surface area contributed by atoms with Crippen LogP contribution in [0.2, 0.25) is 0 Å². The van der Waals surface area contributed by atoms with E-state index in [1.807, 2.05) is 0 Å². The van der Waals surface area contributed by atoms with E-state index in [1.165, 1.54) is 43.3 Å². The molecule has 2 aliphatic carbocycles. The van der Waals surface area contributed by atoms with Crippen LogP contribution in [-0.4, -0.2) is 29.8 Å². The molecule has 3 nitrogen and oxygen atoms in total. The van der Waals surface area contributed by atoms with Crippen LogP contribution in [0.1, 0.15) is 40.6 Å². The molecule has 0 fully saturated rings. The monoisotopic (exact) mass is 595 g/mol. The van der Waals surface area contributed by atoms with E-state index < -0.39 is 45.5 Å². The number of hydrogen-bond acceptors (Lipinski definition) is 5. The minimum atomic E-state index is -5.73. The van der Waals surface area contributed by atoms with Crippen LogP contribution < -0.4 is 0 Å². The first-order valence-electron chi connectivity index (χ1n) is 12.0. The summed E-state index contributed by atoms with van der Waals surface area (Å²) < 4.78 is 91.5. The number of halogens is 6. The molecule has 2 aromatic rings. The standard InChI is InChI=1S/C29H23F6NO2S2/c1-5-17(14-22(39-4)18-6-8-19(36-38)9-7-18)24-25(28(32,33)29(34,35)27(24,30)31)21-15-23(40-16(21)2)26(3)12-10-20(37)11-13-26/h6-10,12,14-15H,1,11,13H2,2-4H3. The molecule has 0 saturated heterocycles. The molecule has 210 valence electrons. The fourth-order valence-electron chi connectivity index (χ4n) is 4.77. The first kappa shape index (κ1) is 29.8. The van der Waals surface area contributed by atoms with Crippen LogP contribution >= 0.6 is 23.1 Å². The molecule has 1 aromatic carbocycles. The average molecular weight is 596 g/mol. The van der Waals surface area contributed by atoms with Crippen LogP contribution in [-0.2, 0) is 10.2 Å². The third-order valence-electron chi connectivity index (χ3n) is 7.16. The van der Waals surface area contributed by atoms with E-state index in [2.05, 4.69) is 17.5 Å². The molecule has 0 amide bonds. The van der Waals surface area contributed by atoms with Crippen molar-refractivity contribution in [2.24, 2.45) is 5.18 Å². The Kier molecular flexibility index (Phi) is 7.73. The van der Waals surface area contributed by atoms with Crippen LogP contribution in [0.3, 0.4) is 0 Å². The number of thiophene rings is 1. The lowest BCUT2D eigenvalue weighted by atomic mass is 9.79. The number of benzene rings is 1. The number of allylic oxidation sites excluding steroid dienone is 6. The minimum Gasteiger partial charge on any atom is -0.295 e. The lowest BCUT2D eigenvalue weighted by molar-refractivity contribution is -0.259. The Bertz CT molecular complexity index is 1530. The third-order valence-corrected chi connectivity index (χ3v) is 9.28. The molecule has 0 spiro atoms. The predicted molar refractivity (Wildman–Crippen MR) is 148 cm³/mol. The maximum Gasteiger partial charge on any atom is 0.380 e. The van der Waals surface area contributed by atoms with E-state index in [9.17, 15) is 18.5 Å². The molecule has 1 heterocycles. The highest BCUT2D eigenvalue weighted by Crippen LogP contribution is 2.64. The zero-order valence-corrected chi connectivity index (χ0v) is 23.2. The van der Waals surface area contributed by atoms with Crippen molar-refractivity contribution in [2.75, 3.05) is 6.26 Å². The summed E-state index contributed by atoms with van der Waals surface area (Å²) in [6, 6.07) is 6.90. The van der Waals surface area contributed by atoms with E-state index in [-0.39, 0.29) is 27.7 Å². The molecule has 0 N–H and O–H groups in total. The van der Waals surface area contributed by atoms with Crippen molar-refractivity contribution in [1.82, 2.24) is 0 Å². The maximum atomic E-state index is 15.4. The predicted octanol–water partition coefficient (Wildman–Crippen LogP) is 9.42. The van der Waals surface area contributed by atoms with Gasteiger partial charge in [0.2, 0.25) is 0 Å². The number of alkyl halides is 6. The molecule has 2 aliphatic rings. The van der Waals surface area contributed by atoms with E-state index >= 15 is 17.6 Å². The Morgan fingerprint density at radius 1 is 1.12 bits per heavy atom. The van der Waals surface area contributed by atoms with Crippen LogP contribution in [0.4, 0.5) is 32.0 Å². The van der Waals surface area contributed by atoms with Crippen molar-refractivity contribution in [1.29, 1.82) is 0 Å². The number of aryl methyl sites for hydroxylation is 1. The third kappa shape index (κ3) is 4.63. The van der Waals surface area contributed by atoms with Gasteiger partial charge in [-0.15, -0.1) is 33.7 Å². The molecule has 4 rings (SSSR count). The van der Waals surface area contributed by atoms with E-state index in [1.54, 1.807) is 19.3 Å². The zero-order valence-electron chi connectivity index (χ0n) is 21.6. The summed E-state index contributed by atoms with van der Waals surface area (Å²) in [5.74, 6) is -16.3. The van der Waals surface area contributed by atoms with E-state index in [0.717, 1.165) is 29.2 Å². The molecular formula is C29H23F6NO2S2. The molecule has 0 saturated carbocycles. The Hall–Kier alpha value is -3.14.